The minimum Gasteiger partial charge on any atom is -0.494 e. The summed E-state index contributed by atoms with van der Waals surface area (Å²) in [7, 11) is 1.31. The Bertz CT molecular complexity index is 1400. The topological polar surface area (TPSA) is 108 Å². The third-order valence-electron chi connectivity index (χ3n) is 4.56. The standard InChI is InChI=1S/C21H19N5O4S/c1-4-30-14-9-10-15-16(11-14)31-20(22-15)23-18(27)17-19(28)25(3)21(29)26(24-17)13-7-5-12(2)6-8-13/h5-11H,4H2,1-3H3,(H,22,23,27). The Morgan fingerprint density at radius 2 is 1.90 bits per heavy atom. The van der Waals surface area contributed by atoms with E-state index in [0.717, 1.165) is 19.5 Å². The Balaban J connectivity index is 1.70. The van der Waals surface area contributed by atoms with E-state index >= 15 is 0 Å². The summed E-state index contributed by atoms with van der Waals surface area (Å²) in [5, 5.41) is 6.96. The first-order chi connectivity index (χ1) is 14.9. The van der Waals surface area contributed by atoms with Crippen LogP contribution in [0.3, 0.4) is 0 Å². The second-order valence-corrected chi connectivity index (χ2v) is 7.81. The maximum Gasteiger partial charge on any atom is 0.351 e. The van der Waals surface area contributed by atoms with E-state index in [-0.39, 0.29) is 0 Å². The van der Waals surface area contributed by atoms with Crippen molar-refractivity contribution < 1.29 is 9.53 Å². The van der Waals surface area contributed by atoms with Gasteiger partial charge in [-0.05, 0) is 44.2 Å². The minimum absolute atomic E-state index is 0.311. The third kappa shape index (κ3) is 3.97. The molecule has 2 aromatic heterocycles. The molecule has 0 aliphatic heterocycles. The number of carbonyl (C=O) groups excluding carboxylic acids is 1. The summed E-state index contributed by atoms with van der Waals surface area (Å²) >= 11 is 1.25. The first kappa shape index (κ1) is 20.5. The van der Waals surface area contributed by atoms with Crippen molar-refractivity contribution in [2.45, 2.75) is 13.8 Å². The number of ether oxygens (including phenoxy) is 1. The van der Waals surface area contributed by atoms with Crippen molar-refractivity contribution in [3.05, 3.63) is 74.6 Å². The summed E-state index contributed by atoms with van der Waals surface area (Å²) in [6.07, 6.45) is 0. The molecule has 0 bridgehead atoms. The third-order valence-corrected chi connectivity index (χ3v) is 5.49. The Labute approximate surface area is 180 Å². The second kappa shape index (κ2) is 8.15. The van der Waals surface area contributed by atoms with Gasteiger partial charge in [-0.25, -0.2) is 9.78 Å². The number of hydrogen-bond donors (Lipinski definition) is 1. The van der Waals surface area contributed by atoms with Gasteiger partial charge in [0, 0.05) is 7.05 Å². The van der Waals surface area contributed by atoms with Gasteiger partial charge in [0.2, 0.25) is 5.69 Å². The number of nitrogens with zero attached hydrogens (tertiary/aromatic N) is 4. The number of nitrogens with one attached hydrogen (secondary N) is 1. The minimum atomic E-state index is -0.786. The Kier molecular flexibility index (Phi) is 5.38. The molecule has 2 aromatic carbocycles. The maximum absolute atomic E-state index is 12.8. The molecule has 0 aliphatic carbocycles. The van der Waals surface area contributed by atoms with Crippen molar-refractivity contribution in [1.82, 2.24) is 19.3 Å². The predicted molar refractivity (Wildman–Crippen MR) is 119 cm³/mol. The van der Waals surface area contributed by atoms with Crippen LogP contribution in [0.4, 0.5) is 5.13 Å². The van der Waals surface area contributed by atoms with E-state index in [0.29, 0.717) is 28.7 Å². The highest BCUT2D eigenvalue weighted by atomic mass is 32.1. The van der Waals surface area contributed by atoms with Crippen LogP contribution in [0.1, 0.15) is 23.0 Å². The van der Waals surface area contributed by atoms with E-state index in [1.165, 1.54) is 18.4 Å². The van der Waals surface area contributed by atoms with Crippen molar-refractivity contribution >= 4 is 32.6 Å². The number of thiazole rings is 1. The van der Waals surface area contributed by atoms with Gasteiger partial charge < -0.3 is 4.74 Å². The second-order valence-electron chi connectivity index (χ2n) is 6.78. The molecule has 0 atom stereocenters. The molecule has 0 spiro atoms. The molecule has 2 heterocycles. The molecule has 9 nitrogen and oxygen atoms in total. The lowest BCUT2D eigenvalue weighted by Crippen LogP contribution is -2.43. The highest BCUT2D eigenvalue weighted by molar-refractivity contribution is 7.22. The number of hydrogen-bond acceptors (Lipinski definition) is 7. The molecule has 0 radical (unpaired) electrons. The molecular formula is C21H19N5O4S. The van der Waals surface area contributed by atoms with Crippen LogP contribution in [0.25, 0.3) is 15.9 Å². The zero-order valence-corrected chi connectivity index (χ0v) is 17.9. The van der Waals surface area contributed by atoms with Gasteiger partial charge in [-0.1, -0.05) is 29.0 Å². The predicted octanol–water partition coefficient (Wildman–Crippen LogP) is 2.50. The number of fused-ring (bicyclic) bond motifs is 1. The molecule has 31 heavy (non-hydrogen) atoms. The van der Waals surface area contributed by atoms with E-state index in [1.54, 1.807) is 24.3 Å². The molecule has 0 aliphatic rings. The molecule has 1 N–H and O–H groups in total. The first-order valence-corrected chi connectivity index (χ1v) is 10.3. The van der Waals surface area contributed by atoms with E-state index < -0.39 is 22.9 Å². The van der Waals surface area contributed by atoms with Crippen molar-refractivity contribution in [2.24, 2.45) is 7.05 Å². The summed E-state index contributed by atoms with van der Waals surface area (Å²) in [6.45, 7) is 4.35. The Hall–Kier alpha value is -3.79. The lowest BCUT2D eigenvalue weighted by Gasteiger charge is -2.09. The van der Waals surface area contributed by atoms with Crippen molar-refractivity contribution in [1.29, 1.82) is 0 Å². The van der Waals surface area contributed by atoms with Gasteiger partial charge >= 0.3 is 5.69 Å². The van der Waals surface area contributed by atoms with Crippen molar-refractivity contribution in [3.63, 3.8) is 0 Å². The smallest absolute Gasteiger partial charge is 0.351 e. The zero-order chi connectivity index (χ0) is 22.1. The number of benzene rings is 2. The van der Waals surface area contributed by atoms with Crippen molar-refractivity contribution in [3.8, 4) is 11.4 Å². The van der Waals surface area contributed by atoms with Gasteiger partial charge in [0.15, 0.2) is 5.13 Å². The Morgan fingerprint density at radius 3 is 2.61 bits per heavy atom. The SMILES string of the molecule is CCOc1ccc2nc(NC(=O)c3nn(-c4ccc(C)cc4)c(=O)n(C)c3=O)sc2c1. The van der Waals surface area contributed by atoms with Crippen LogP contribution >= 0.6 is 11.3 Å². The lowest BCUT2D eigenvalue weighted by molar-refractivity contribution is 0.101. The number of anilines is 1. The maximum atomic E-state index is 12.8. The molecule has 0 fully saturated rings. The van der Waals surface area contributed by atoms with Crippen LogP contribution in [-0.4, -0.2) is 31.8 Å². The largest absolute Gasteiger partial charge is 0.494 e. The number of carbonyl (C=O) groups is 1. The average molecular weight is 437 g/mol. The quantitative estimate of drug-likeness (QED) is 0.514. The normalized spacial score (nSPS) is 10.9. The summed E-state index contributed by atoms with van der Waals surface area (Å²) < 4.78 is 8.19. The summed E-state index contributed by atoms with van der Waals surface area (Å²) in [5.41, 5.74) is 0.303. The van der Waals surface area contributed by atoms with E-state index in [1.807, 2.05) is 32.0 Å². The van der Waals surface area contributed by atoms with Gasteiger partial charge in [-0.2, -0.15) is 9.78 Å². The zero-order valence-electron chi connectivity index (χ0n) is 17.1. The van der Waals surface area contributed by atoms with Crippen LogP contribution < -0.4 is 21.3 Å². The molecular weight excluding hydrogens is 418 g/mol. The molecule has 0 saturated heterocycles. The fraction of sp³-hybridized carbons (Fsp3) is 0.190. The number of aromatic nitrogens is 4. The van der Waals surface area contributed by atoms with E-state index in [2.05, 4.69) is 15.4 Å². The Morgan fingerprint density at radius 1 is 1.16 bits per heavy atom. The lowest BCUT2D eigenvalue weighted by atomic mass is 10.2. The van der Waals surface area contributed by atoms with Gasteiger partial charge in [-0.15, -0.1) is 0 Å². The monoisotopic (exact) mass is 437 g/mol. The molecule has 0 unspecified atom stereocenters. The molecule has 1 amide bonds. The van der Waals surface area contributed by atoms with Crippen LogP contribution in [0.2, 0.25) is 0 Å². The van der Waals surface area contributed by atoms with E-state index in [9.17, 15) is 14.4 Å². The fourth-order valence-electron chi connectivity index (χ4n) is 2.94. The average Bonchev–Trinajstić information content (AvgIpc) is 3.14. The summed E-state index contributed by atoms with van der Waals surface area (Å²) in [5.74, 6) is -0.0391. The summed E-state index contributed by atoms with van der Waals surface area (Å²) in [4.78, 5) is 42.2. The molecule has 4 rings (SSSR count). The van der Waals surface area contributed by atoms with Crippen LogP contribution in [0, 0.1) is 6.92 Å². The van der Waals surface area contributed by atoms with Gasteiger partial charge in [-0.3, -0.25) is 19.5 Å². The number of amides is 1. The van der Waals surface area contributed by atoms with Crippen molar-refractivity contribution in [2.75, 3.05) is 11.9 Å². The molecule has 10 heteroatoms. The first-order valence-electron chi connectivity index (χ1n) is 9.49. The molecule has 0 saturated carbocycles. The highest BCUT2D eigenvalue weighted by Crippen LogP contribution is 2.29. The fourth-order valence-corrected chi connectivity index (χ4v) is 3.83. The van der Waals surface area contributed by atoms with Crippen LogP contribution in [0.5, 0.6) is 5.75 Å². The summed E-state index contributed by atoms with van der Waals surface area (Å²) in [6, 6.07) is 12.4. The van der Waals surface area contributed by atoms with Gasteiger partial charge in [0.1, 0.15) is 5.75 Å². The van der Waals surface area contributed by atoms with Gasteiger partial charge in [0.25, 0.3) is 11.5 Å². The molecule has 4 aromatic rings. The van der Waals surface area contributed by atoms with Crippen LogP contribution in [-0.2, 0) is 7.05 Å². The number of rotatable bonds is 5. The van der Waals surface area contributed by atoms with Gasteiger partial charge in [0.05, 0.1) is 22.5 Å². The molecule has 158 valence electrons. The number of aryl methyl sites for hydroxylation is 1. The highest BCUT2D eigenvalue weighted by Gasteiger charge is 2.20. The van der Waals surface area contributed by atoms with Crippen LogP contribution in [0.15, 0.2) is 52.1 Å². The van der Waals surface area contributed by atoms with E-state index in [4.69, 9.17) is 4.74 Å².